The lowest BCUT2D eigenvalue weighted by Crippen LogP contribution is -2.35. The quantitative estimate of drug-likeness (QED) is 0.827. The molecule has 0 atom stereocenters. The molecule has 0 saturated heterocycles. The van der Waals surface area contributed by atoms with Crippen LogP contribution in [-0.2, 0) is 14.8 Å². The summed E-state index contributed by atoms with van der Waals surface area (Å²) in [5.74, 6) is -0.446. The van der Waals surface area contributed by atoms with Crippen LogP contribution in [0.15, 0.2) is 41.3 Å². The van der Waals surface area contributed by atoms with Crippen LogP contribution < -0.4 is 5.32 Å². The molecule has 0 saturated carbocycles. The van der Waals surface area contributed by atoms with Crippen molar-refractivity contribution in [3.8, 4) is 0 Å². The molecule has 2 aromatic rings. The van der Waals surface area contributed by atoms with Crippen LogP contribution in [0.4, 0.5) is 5.69 Å². The summed E-state index contributed by atoms with van der Waals surface area (Å²) in [5, 5.41) is 3.02. The number of nitrogens with one attached hydrogen (secondary N) is 1. The number of nitrogens with zero attached hydrogens (tertiary/aromatic N) is 1. The zero-order valence-corrected chi connectivity index (χ0v) is 16.3. The molecule has 0 aliphatic heterocycles. The Kier molecular flexibility index (Phi) is 6.11. The van der Waals surface area contributed by atoms with Gasteiger partial charge in [0.1, 0.15) is 4.90 Å². The fourth-order valence-electron chi connectivity index (χ4n) is 2.19. The van der Waals surface area contributed by atoms with Gasteiger partial charge in [0.05, 0.1) is 11.6 Å². The van der Waals surface area contributed by atoms with Gasteiger partial charge < -0.3 is 5.32 Å². The van der Waals surface area contributed by atoms with Gasteiger partial charge in [-0.2, -0.15) is 4.31 Å². The van der Waals surface area contributed by atoms with E-state index in [1.54, 1.807) is 0 Å². The number of amides is 1. The molecule has 134 valence electrons. The third-order valence-corrected chi connectivity index (χ3v) is 6.13. The number of rotatable bonds is 5. The summed E-state index contributed by atoms with van der Waals surface area (Å²) in [6.45, 7) is 3.42. The monoisotopic (exact) mass is 400 g/mol. The molecule has 1 amide bonds. The largest absolute Gasteiger partial charge is 0.325 e. The number of hydrogen-bond acceptors (Lipinski definition) is 3. The van der Waals surface area contributed by atoms with Crippen molar-refractivity contribution < 1.29 is 13.2 Å². The Morgan fingerprint density at radius 3 is 2.48 bits per heavy atom. The lowest BCUT2D eigenvalue weighted by molar-refractivity contribution is -0.116. The number of carbonyl (C=O) groups excluding carboxylic acids is 1. The molecule has 0 heterocycles. The summed E-state index contributed by atoms with van der Waals surface area (Å²) in [5.41, 5.74) is 2.53. The summed E-state index contributed by atoms with van der Waals surface area (Å²) < 4.78 is 26.2. The first-order valence-corrected chi connectivity index (χ1v) is 9.59. The average molecular weight is 401 g/mol. The molecule has 0 spiro atoms. The topological polar surface area (TPSA) is 66.5 Å². The molecule has 0 aliphatic carbocycles. The third-order valence-electron chi connectivity index (χ3n) is 3.61. The number of anilines is 1. The molecule has 0 radical (unpaired) electrons. The van der Waals surface area contributed by atoms with Gasteiger partial charge in [0.15, 0.2) is 0 Å². The Morgan fingerprint density at radius 2 is 1.80 bits per heavy atom. The van der Waals surface area contributed by atoms with E-state index in [1.165, 1.54) is 25.2 Å². The lowest BCUT2D eigenvalue weighted by Gasteiger charge is -2.18. The predicted molar refractivity (Wildman–Crippen MR) is 101 cm³/mol. The summed E-state index contributed by atoms with van der Waals surface area (Å²) >= 11 is 11.8. The van der Waals surface area contributed by atoms with Crippen molar-refractivity contribution in [1.29, 1.82) is 0 Å². The van der Waals surface area contributed by atoms with E-state index < -0.39 is 15.9 Å². The Bertz CT molecular complexity index is 914. The Labute approximate surface area is 157 Å². The first-order valence-electron chi connectivity index (χ1n) is 7.40. The van der Waals surface area contributed by atoms with Crippen molar-refractivity contribution in [1.82, 2.24) is 4.31 Å². The first-order chi connectivity index (χ1) is 11.6. The van der Waals surface area contributed by atoms with Crippen molar-refractivity contribution in [3.63, 3.8) is 0 Å². The van der Waals surface area contributed by atoms with Crippen molar-refractivity contribution in [2.75, 3.05) is 18.9 Å². The third kappa shape index (κ3) is 4.73. The molecule has 25 heavy (non-hydrogen) atoms. The standard InChI is InChI=1S/C17H18Cl2N2O3S/c1-11-4-5-12(2)15(8-11)20-17(22)10-21(3)25(23,24)16-9-13(18)6-7-14(16)19/h4-9H,10H2,1-3H3,(H,20,22). The van der Waals surface area contributed by atoms with Crippen LogP contribution in [-0.4, -0.2) is 32.2 Å². The first kappa shape index (κ1) is 19.7. The lowest BCUT2D eigenvalue weighted by atomic mass is 10.1. The smallest absolute Gasteiger partial charge is 0.244 e. The predicted octanol–water partition coefficient (Wildman–Crippen LogP) is 3.87. The highest BCUT2D eigenvalue weighted by atomic mass is 35.5. The summed E-state index contributed by atoms with van der Waals surface area (Å²) in [7, 11) is -2.63. The van der Waals surface area contributed by atoms with E-state index in [9.17, 15) is 13.2 Å². The molecule has 0 fully saturated rings. The normalized spacial score (nSPS) is 11.6. The number of hydrogen-bond donors (Lipinski definition) is 1. The van der Waals surface area contributed by atoms with Gasteiger partial charge in [-0.15, -0.1) is 0 Å². The van der Waals surface area contributed by atoms with Crippen molar-refractivity contribution in [2.24, 2.45) is 0 Å². The molecule has 1 N–H and O–H groups in total. The zero-order valence-electron chi connectivity index (χ0n) is 14.0. The molecule has 2 rings (SSSR count). The molecular weight excluding hydrogens is 383 g/mol. The van der Waals surface area contributed by atoms with Gasteiger partial charge in [0.25, 0.3) is 0 Å². The summed E-state index contributed by atoms with van der Waals surface area (Å²) in [6.07, 6.45) is 0. The Balaban J connectivity index is 2.17. The van der Waals surface area contributed by atoms with Gasteiger partial charge in [-0.05, 0) is 49.2 Å². The second-order valence-electron chi connectivity index (χ2n) is 5.70. The molecule has 0 bridgehead atoms. The molecule has 2 aromatic carbocycles. The maximum Gasteiger partial charge on any atom is 0.244 e. The van der Waals surface area contributed by atoms with E-state index in [2.05, 4.69) is 5.32 Å². The minimum Gasteiger partial charge on any atom is -0.325 e. The van der Waals surface area contributed by atoms with Gasteiger partial charge in [-0.1, -0.05) is 35.3 Å². The van der Waals surface area contributed by atoms with Gasteiger partial charge in [-0.3, -0.25) is 4.79 Å². The number of carbonyl (C=O) groups is 1. The number of sulfonamides is 1. The van der Waals surface area contributed by atoms with Gasteiger partial charge in [0.2, 0.25) is 15.9 Å². The van der Waals surface area contributed by atoms with E-state index in [-0.39, 0.29) is 21.5 Å². The highest BCUT2D eigenvalue weighted by molar-refractivity contribution is 7.89. The maximum atomic E-state index is 12.6. The zero-order chi connectivity index (χ0) is 18.8. The van der Waals surface area contributed by atoms with Crippen LogP contribution in [0.2, 0.25) is 10.0 Å². The van der Waals surface area contributed by atoms with E-state index in [0.29, 0.717) is 5.69 Å². The van der Waals surface area contributed by atoms with E-state index in [1.807, 2.05) is 32.0 Å². The molecule has 0 unspecified atom stereocenters. The average Bonchev–Trinajstić information content (AvgIpc) is 2.53. The van der Waals surface area contributed by atoms with Gasteiger partial charge in [0, 0.05) is 17.8 Å². The van der Waals surface area contributed by atoms with Crippen molar-refractivity contribution >= 4 is 44.8 Å². The van der Waals surface area contributed by atoms with E-state index in [4.69, 9.17) is 23.2 Å². The molecular formula is C17H18Cl2N2O3S. The fourth-order valence-corrected chi connectivity index (χ4v) is 4.05. The van der Waals surface area contributed by atoms with Crippen LogP contribution in [0.5, 0.6) is 0 Å². The van der Waals surface area contributed by atoms with Crippen LogP contribution in [0.25, 0.3) is 0 Å². The Morgan fingerprint density at radius 1 is 1.12 bits per heavy atom. The minimum absolute atomic E-state index is 0.0474. The maximum absolute atomic E-state index is 12.6. The van der Waals surface area contributed by atoms with Crippen molar-refractivity contribution in [2.45, 2.75) is 18.7 Å². The molecule has 0 aromatic heterocycles. The Hall–Kier alpha value is -1.60. The van der Waals surface area contributed by atoms with Crippen LogP contribution in [0.1, 0.15) is 11.1 Å². The van der Waals surface area contributed by atoms with Crippen LogP contribution in [0, 0.1) is 13.8 Å². The highest BCUT2D eigenvalue weighted by Gasteiger charge is 2.25. The molecule has 8 heteroatoms. The second kappa shape index (κ2) is 7.74. The number of aryl methyl sites for hydroxylation is 2. The SMILES string of the molecule is Cc1ccc(C)c(NC(=O)CN(C)S(=O)(=O)c2cc(Cl)ccc2Cl)c1. The summed E-state index contributed by atoms with van der Waals surface area (Å²) in [4.78, 5) is 12.1. The number of likely N-dealkylation sites (N-methyl/N-ethyl adjacent to an activating group) is 1. The minimum atomic E-state index is -3.94. The fraction of sp³-hybridized carbons (Fsp3) is 0.235. The van der Waals surface area contributed by atoms with E-state index in [0.717, 1.165) is 15.4 Å². The number of benzene rings is 2. The van der Waals surface area contributed by atoms with Gasteiger partial charge >= 0.3 is 0 Å². The molecule has 5 nitrogen and oxygen atoms in total. The summed E-state index contributed by atoms with van der Waals surface area (Å²) in [6, 6.07) is 9.81. The van der Waals surface area contributed by atoms with Crippen LogP contribution in [0.3, 0.4) is 0 Å². The van der Waals surface area contributed by atoms with Crippen molar-refractivity contribution in [3.05, 3.63) is 57.6 Å². The van der Waals surface area contributed by atoms with Gasteiger partial charge in [-0.25, -0.2) is 8.42 Å². The number of halogens is 2. The molecule has 0 aliphatic rings. The highest BCUT2D eigenvalue weighted by Crippen LogP contribution is 2.27. The van der Waals surface area contributed by atoms with E-state index >= 15 is 0 Å². The second-order valence-corrected chi connectivity index (χ2v) is 8.56. The van der Waals surface area contributed by atoms with Crippen LogP contribution >= 0.6 is 23.2 Å².